The van der Waals surface area contributed by atoms with Crippen LogP contribution in [0.2, 0.25) is 4.47 Å². The Kier molecular flexibility index (Phi) is 3.38. The van der Waals surface area contributed by atoms with Gasteiger partial charge in [-0.15, -0.1) is 11.3 Å². The lowest BCUT2D eigenvalue weighted by Gasteiger charge is -2.32. The molecule has 1 atom stereocenters. The molecule has 1 aliphatic heterocycles. The zero-order chi connectivity index (χ0) is 9.97. The van der Waals surface area contributed by atoms with Crippen molar-refractivity contribution in [1.82, 2.24) is 9.88 Å². The summed E-state index contributed by atoms with van der Waals surface area (Å²) < 4.78 is 6.00. The van der Waals surface area contributed by atoms with Gasteiger partial charge in [-0.25, -0.2) is 4.98 Å². The van der Waals surface area contributed by atoms with Crippen LogP contribution in [0.4, 0.5) is 0 Å². The predicted molar refractivity (Wildman–Crippen MR) is 57.8 cm³/mol. The molecular weight excluding hydrogens is 220 g/mol. The van der Waals surface area contributed by atoms with Gasteiger partial charge in [0.15, 0.2) is 4.47 Å². The minimum absolute atomic E-state index is 0.476. The second-order valence-corrected chi connectivity index (χ2v) is 4.93. The van der Waals surface area contributed by atoms with E-state index < -0.39 is 0 Å². The molecule has 1 fully saturated rings. The van der Waals surface area contributed by atoms with Crippen LogP contribution < -0.4 is 0 Å². The lowest BCUT2D eigenvalue weighted by Crippen LogP contribution is -2.42. The first-order chi connectivity index (χ1) is 6.75. The fourth-order valence-corrected chi connectivity index (χ4v) is 2.33. The van der Waals surface area contributed by atoms with Crippen LogP contribution in [0, 0.1) is 0 Å². The highest BCUT2D eigenvalue weighted by Gasteiger charge is 2.19. The summed E-state index contributed by atoms with van der Waals surface area (Å²) >= 11 is 7.27. The van der Waals surface area contributed by atoms with Gasteiger partial charge in [-0.1, -0.05) is 11.6 Å². The standard InChI is InChI=1S/C9H13ClN2OS/c1-7-5-13-3-2-12(7)4-8-6-14-9(10)11-8/h6-7H,2-5H2,1H3/t7-/m0/s1. The number of nitrogens with zero attached hydrogens (tertiary/aromatic N) is 2. The Morgan fingerprint density at radius 2 is 2.64 bits per heavy atom. The highest BCUT2D eigenvalue weighted by molar-refractivity contribution is 7.13. The van der Waals surface area contributed by atoms with Crippen molar-refractivity contribution in [3.8, 4) is 0 Å². The zero-order valence-corrected chi connectivity index (χ0v) is 9.64. The first kappa shape index (κ1) is 10.4. The number of hydrogen-bond donors (Lipinski definition) is 0. The molecule has 0 aromatic carbocycles. The Bertz CT molecular complexity index is 305. The van der Waals surface area contributed by atoms with Crippen molar-refractivity contribution in [2.75, 3.05) is 19.8 Å². The molecular formula is C9H13ClN2OS. The first-order valence-electron chi connectivity index (χ1n) is 4.67. The van der Waals surface area contributed by atoms with Gasteiger partial charge in [0, 0.05) is 24.5 Å². The van der Waals surface area contributed by atoms with E-state index in [2.05, 4.69) is 16.8 Å². The summed E-state index contributed by atoms with van der Waals surface area (Å²) in [7, 11) is 0. The molecule has 0 amide bonds. The molecule has 14 heavy (non-hydrogen) atoms. The molecule has 78 valence electrons. The van der Waals surface area contributed by atoms with Gasteiger partial charge in [0.1, 0.15) is 0 Å². The quantitative estimate of drug-likeness (QED) is 0.780. The fourth-order valence-electron chi connectivity index (χ4n) is 1.56. The van der Waals surface area contributed by atoms with Gasteiger partial charge >= 0.3 is 0 Å². The maximum absolute atomic E-state index is 5.78. The van der Waals surface area contributed by atoms with Crippen LogP contribution in [0.15, 0.2) is 5.38 Å². The Labute approximate surface area is 92.7 Å². The van der Waals surface area contributed by atoms with Crippen LogP contribution >= 0.6 is 22.9 Å². The van der Waals surface area contributed by atoms with E-state index in [0.29, 0.717) is 10.5 Å². The summed E-state index contributed by atoms with van der Waals surface area (Å²) in [6.07, 6.45) is 0. The second kappa shape index (κ2) is 4.57. The SMILES string of the molecule is C[C@H]1COCCN1Cc1csc(Cl)n1. The molecule has 0 aliphatic carbocycles. The third kappa shape index (κ3) is 2.45. The molecule has 1 aliphatic rings. The van der Waals surface area contributed by atoms with Crippen LogP contribution in [0.5, 0.6) is 0 Å². The number of rotatable bonds is 2. The molecule has 5 heteroatoms. The number of morpholine rings is 1. The number of aromatic nitrogens is 1. The van der Waals surface area contributed by atoms with Gasteiger partial charge in [0.05, 0.1) is 18.9 Å². The topological polar surface area (TPSA) is 25.4 Å². The third-order valence-electron chi connectivity index (χ3n) is 2.39. The van der Waals surface area contributed by atoms with Crippen LogP contribution in [-0.2, 0) is 11.3 Å². The minimum Gasteiger partial charge on any atom is -0.379 e. The molecule has 0 N–H and O–H groups in total. The molecule has 1 aromatic rings. The molecule has 1 aromatic heterocycles. The third-order valence-corrected chi connectivity index (χ3v) is 3.42. The highest BCUT2D eigenvalue weighted by atomic mass is 35.5. The zero-order valence-electron chi connectivity index (χ0n) is 8.07. The summed E-state index contributed by atoms with van der Waals surface area (Å²) in [6, 6.07) is 0.476. The molecule has 2 heterocycles. The van der Waals surface area contributed by atoms with Crippen molar-refractivity contribution in [2.24, 2.45) is 0 Å². The summed E-state index contributed by atoms with van der Waals surface area (Å²) in [5.74, 6) is 0. The predicted octanol–water partition coefficient (Wildman–Crippen LogP) is 2.02. The number of thiazole rings is 1. The Morgan fingerprint density at radius 1 is 1.79 bits per heavy atom. The van der Waals surface area contributed by atoms with Gasteiger partial charge in [0.2, 0.25) is 0 Å². The van der Waals surface area contributed by atoms with E-state index in [-0.39, 0.29) is 0 Å². The Balaban J connectivity index is 1.95. The molecule has 0 bridgehead atoms. The normalized spacial score (nSPS) is 24.0. The van der Waals surface area contributed by atoms with Crippen molar-refractivity contribution < 1.29 is 4.74 Å². The first-order valence-corrected chi connectivity index (χ1v) is 5.93. The maximum atomic E-state index is 5.78. The Morgan fingerprint density at radius 3 is 3.29 bits per heavy atom. The summed E-state index contributed by atoms with van der Waals surface area (Å²) in [4.78, 5) is 6.61. The number of ether oxygens (including phenoxy) is 1. The van der Waals surface area contributed by atoms with Crippen LogP contribution in [0.25, 0.3) is 0 Å². The molecule has 1 saturated heterocycles. The monoisotopic (exact) mass is 232 g/mol. The van der Waals surface area contributed by atoms with Gasteiger partial charge in [0.25, 0.3) is 0 Å². The van der Waals surface area contributed by atoms with E-state index in [9.17, 15) is 0 Å². The minimum atomic E-state index is 0.476. The maximum Gasteiger partial charge on any atom is 0.183 e. The fraction of sp³-hybridized carbons (Fsp3) is 0.667. The van der Waals surface area contributed by atoms with Gasteiger partial charge in [-0.3, -0.25) is 4.90 Å². The molecule has 0 radical (unpaired) electrons. The van der Waals surface area contributed by atoms with E-state index in [1.165, 1.54) is 11.3 Å². The molecule has 0 unspecified atom stereocenters. The molecule has 0 saturated carbocycles. The van der Waals surface area contributed by atoms with E-state index in [4.69, 9.17) is 16.3 Å². The smallest absolute Gasteiger partial charge is 0.183 e. The van der Waals surface area contributed by atoms with Crippen molar-refractivity contribution in [3.05, 3.63) is 15.5 Å². The van der Waals surface area contributed by atoms with Crippen LogP contribution in [0.3, 0.4) is 0 Å². The second-order valence-electron chi connectivity index (χ2n) is 3.49. The summed E-state index contributed by atoms with van der Waals surface area (Å²) in [5, 5.41) is 2.02. The van der Waals surface area contributed by atoms with Crippen molar-refractivity contribution in [2.45, 2.75) is 19.5 Å². The van der Waals surface area contributed by atoms with Crippen molar-refractivity contribution in [3.63, 3.8) is 0 Å². The van der Waals surface area contributed by atoms with Gasteiger partial charge in [-0.05, 0) is 6.92 Å². The number of halogens is 1. The van der Waals surface area contributed by atoms with Crippen LogP contribution in [0.1, 0.15) is 12.6 Å². The molecule has 2 rings (SSSR count). The summed E-state index contributed by atoms with van der Waals surface area (Å²) in [5.41, 5.74) is 1.06. The van der Waals surface area contributed by atoms with E-state index in [0.717, 1.165) is 32.0 Å². The largest absolute Gasteiger partial charge is 0.379 e. The lowest BCUT2D eigenvalue weighted by molar-refractivity contribution is -0.00482. The molecule has 0 spiro atoms. The van der Waals surface area contributed by atoms with Gasteiger partial charge < -0.3 is 4.74 Å². The highest BCUT2D eigenvalue weighted by Crippen LogP contribution is 2.18. The summed E-state index contributed by atoms with van der Waals surface area (Å²) in [6.45, 7) is 5.68. The van der Waals surface area contributed by atoms with Crippen molar-refractivity contribution in [1.29, 1.82) is 0 Å². The molecule has 3 nitrogen and oxygen atoms in total. The average molecular weight is 233 g/mol. The van der Waals surface area contributed by atoms with E-state index in [1.54, 1.807) is 0 Å². The van der Waals surface area contributed by atoms with E-state index in [1.807, 2.05) is 5.38 Å². The average Bonchev–Trinajstić information content (AvgIpc) is 2.56. The Hall–Kier alpha value is -0.160. The van der Waals surface area contributed by atoms with Crippen LogP contribution in [-0.4, -0.2) is 35.7 Å². The van der Waals surface area contributed by atoms with E-state index >= 15 is 0 Å². The lowest BCUT2D eigenvalue weighted by atomic mass is 10.2. The number of hydrogen-bond acceptors (Lipinski definition) is 4. The van der Waals surface area contributed by atoms with Gasteiger partial charge in [-0.2, -0.15) is 0 Å². The van der Waals surface area contributed by atoms with Crippen molar-refractivity contribution >= 4 is 22.9 Å².